The van der Waals surface area contributed by atoms with E-state index in [0.717, 1.165) is 18.4 Å². The fourth-order valence-corrected chi connectivity index (χ4v) is 2.93. The summed E-state index contributed by atoms with van der Waals surface area (Å²) < 4.78 is 0. The number of nitrogens with zero attached hydrogens (tertiary/aromatic N) is 1. The summed E-state index contributed by atoms with van der Waals surface area (Å²) in [4.78, 5) is 2.61. The molecule has 2 fully saturated rings. The molecule has 1 atom stereocenters. The van der Waals surface area contributed by atoms with Gasteiger partial charge in [0.05, 0.1) is 0 Å². The minimum atomic E-state index is 0.420. The van der Waals surface area contributed by atoms with E-state index in [1.165, 1.54) is 45.1 Å². The molecule has 0 aromatic rings. The van der Waals surface area contributed by atoms with Crippen LogP contribution in [0.15, 0.2) is 0 Å². The van der Waals surface area contributed by atoms with Gasteiger partial charge in [0, 0.05) is 25.2 Å². The van der Waals surface area contributed by atoms with Crippen LogP contribution in [-0.4, -0.2) is 30.1 Å². The van der Waals surface area contributed by atoms with Crippen LogP contribution in [0, 0.1) is 11.8 Å². The van der Waals surface area contributed by atoms with Gasteiger partial charge < -0.3 is 5.73 Å². The van der Waals surface area contributed by atoms with Gasteiger partial charge >= 0.3 is 0 Å². The lowest BCUT2D eigenvalue weighted by atomic mass is 9.98. The molecule has 0 spiro atoms. The normalized spacial score (nSPS) is 24.6. The molecule has 0 bridgehead atoms. The molecule has 1 unspecified atom stereocenters. The molecule has 0 aliphatic heterocycles. The van der Waals surface area contributed by atoms with Gasteiger partial charge in [-0.3, -0.25) is 4.90 Å². The van der Waals surface area contributed by atoms with E-state index in [4.69, 9.17) is 5.73 Å². The van der Waals surface area contributed by atoms with Crippen molar-refractivity contribution in [2.24, 2.45) is 17.6 Å². The first-order valence-corrected chi connectivity index (χ1v) is 7.16. The molecule has 0 aromatic heterocycles. The SMILES string of the molecule is CC(C)N(CC1CC1)CC(N)C1CCCC1. The fourth-order valence-electron chi connectivity index (χ4n) is 2.93. The fraction of sp³-hybridized carbons (Fsp3) is 1.00. The molecule has 0 amide bonds. The van der Waals surface area contributed by atoms with E-state index in [0.29, 0.717) is 12.1 Å². The quantitative estimate of drug-likeness (QED) is 0.751. The zero-order valence-corrected chi connectivity index (χ0v) is 11.0. The molecule has 2 nitrogen and oxygen atoms in total. The smallest absolute Gasteiger partial charge is 0.0196 e. The maximum Gasteiger partial charge on any atom is 0.0196 e. The van der Waals surface area contributed by atoms with Crippen molar-refractivity contribution in [1.29, 1.82) is 0 Å². The summed E-state index contributed by atoms with van der Waals surface area (Å²) in [6, 6.07) is 1.08. The molecule has 16 heavy (non-hydrogen) atoms. The second kappa shape index (κ2) is 5.50. The van der Waals surface area contributed by atoms with E-state index >= 15 is 0 Å². The summed E-state index contributed by atoms with van der Waals surface area (Å²) in [5, 5.41) is 0. The molecule has 0 saturated heterocycles. The molecule has 0 heterocycles. The lowest BCUT2D eigenvalue weighted by molar-refractivity contribution is 0.181. The minimum Gasteiger partial charge on any atom is -0.326 e. The van der Waals surface area contributed by atoms with Gasteiger partial charge in [-0.25, -0.2) is 0 Å². The van der Waals surface area contributed by atoms with Crippen LogP contribution >= 0.6 is 0 Å². The maximum atomic E-state index is 6.37. The van der Waals surface area contributed by atoms with Gasteiger partial charge in [0.1, 0.15) is 0 Å². The third kappa shape index (κ3) is 3.46. The molecule has 2 N–H and O–H groups in total. The molecule has 0 radical (unpaired) electrons. The average molecular weight is 224 g/mol. The summed E-state index contributed by atoms with van der Waals surface area (Å²) in [7, 11) is 0. The monoisotopic (exact) mass is 224 g/mol. The van der Waals surface area contributed by atoms with Gasteiger partial charge in [-0.15, -0.1) is 0 Å². The van der Waals surface area contributed by atoms with E-state index in [1.807, 2.05) is 0 Å². The highest BCUT2D eigenvalue weighted by Crippen LogP contribution is 2.31. The lowest BCUT2D eigenvalue weighted by Gasteiger charge is -2.31. The van der Waals surface area contributed by atoms with Crippen molar-refractivity contribution >= 4 is 0 Å². The van der Waals surface area contributed by atoms with Gasteiger partial charge in [0.25, 0.3) is 0 Å². The van der Waals surface area contributed by atoms with E-state index in [-0.39, 0.29) is 0 Å². The number of hydrogen-bond donors (Lipinski definition) is 1. The van der Waals surface area contributed by atoms with Crippen LogP contribution in [0.4, 0.5) is 0 Å². The van der Waals surface area contributed by atoms with Gasteiger partial charge in [-0.2, -0.15) is 0 Å². The van der Waals surface area contributed by atoms with E-state index in [1.54, 1.807) is 0 Å². The van der Waals surface area contributed by atoms with Crippen molar-refractivity contribution in [2.45, 2.75) is 64.5 Å². The Morgan fingerprint density at radius 2 is 1.75 bits per heavy atom. The molecule has 94 valence electrons. The van der Waals surface area contributed by atoms with E-state index in [2.05, 4.69) is 18.7 Å². The summed E-state index contributed by atoms with van der Waals surface area (Å²) in [5.74, 6) is 1.79. The number of rotatable bonds is 6. The molecule has 2 heteroatoms. The van der Waals surface area contributed by atoms with Crippen molar-refractivity contribution < 1.29 is 0 Å². The highest BCUT2D eigenvalue weighted by Gasteiger charge is 2.29. The average Bonchev–Trinajstić information content (AvgIpc) is 2.89. The summed E-state index contributed by atoms with van der Waals surface area (Å²) in [6.07, 6.45) is 8.45. The third-order valence-corrected chi connectivity index (χ3v) is 4.37. The van der Waals surface area contributed by atoms with Crippen LogP contribution in [0.2, 0.25) is 0 Å². The maximum absolute atomic E-state index is 6.37. The standard InChI is InChI=1S/C14H28N2/c1-11(2)16(9-12-7-8-12)10-14(15)13-5-3-4-6-13/h11-14H,3-10,15H2,1-2H3. The zero-order valence-electron chi connectivity index (χ0n) is 11.0. The molecule has 0 aromatic carbocycles. The highest BCUT2D eigenvalue weighted by molar-refractivity contribution is 4.84. The number of nitrogens with two attached hydrogens (primary N) is 1. The Morgan fingerprint density at radius 3 is 2.25 bits per heavy atom. The molecule has 2 saturated carbocycles. The Balaban J connectivity index is 1.78. The van der Waals surface area contributed by atoms with Crippen LogP contribution in [0.5, 0.6) is 0 Å². The summed E-state index contributed by atoms with van der Waals surface area (Å²) in [5.41, 5.74) is 6.37. The number of hydrogen-bond acceptors (Lipinski definition) is 2. The molecular formula is C14H28N2. The van der Waals surface area contributed by atoms with Gasteiger partial charge in [-0.05, 0) is 51.4 Å². The molecule has 2 rings (SSSR count). The Hall–Kier alpha value is -0.0800. The van der Waals surface area contributed by atoms with Crippen molar-refractivity contribution in [2.75, 3.05) is 13.1 Å². The van der Waals surface area contributed by atoms with Gasteiger partial charge in [0.2, 0.25) is 0 Å². The lowest BCUT2D eigenvalue weighted by Crippen LogP contribution is -2.45. The second-order valence-corrected chi connectivity index (χ2v) is 6.20. The summed E-state index contributed by atoms with van der Waals surface area (Å²) >= 11 is 0. The third-order valence-electron chi connectivity index (χ3n) is 4.37. The van der Waals surface area contributed by atoms with Crippen molar-refractivity contribution in [3.05, 3.63) is 0 Å². The first-order valence-electron chi connectivity index (χ1n) is 7.16. The van der Waals surface area contributed by atoms with Crippen molar-refractivity contribution in [3.63, 3.8) is 0 Å². The summed E-state index contributed by atoms with van der Waals surface area (Å²) in [6.45, 7) is 7.03. The van der Waals surface area contributed by atoms with E-state index < -0.39 is 0 Å². The van der Waals surface area contributed by atoms with Crippen LogP contribution < -0.4 is 5.73 Å². The Bertz CT molecular complexity index is 205. The zero-order chi connectivity index (χ0) is 11.5. The topological polar surface area (TPSA) is 29.3 Å². The first kappa shape index (κ1) is 12.4. The van der Waals surface area contributed by atoms with Crippen LogP contribution in [0.3, 0.4) is 0 Å². The molecular weight excluding hydrogens is 196 g/mol. The largest absolute Gasteiger partial charge is 0.326 e. The first-order chi connectivity index (χ1) is 7.66. The van der Waals surface area contributed by atoms with Crippen LogP contribution in [0.25, 0.3) is 0 Å². The minimum absolute atomic E-state index is 0.420. The predicted molar refractivity (Wildman–Crippen MR) is 69.4 cm³/mol. The van der Waals surface area contributed by atoms with Gasteiger partial charge in [-0.1, -0.05) is 12.8 Å². The van der Waals surface area contributed by atoms with Crippen molar-refractivity contribution in [1.82, 2.24) is 4.90 Å². The Morgan fingerprint density at radius 1 is 1.12 bits per heavy atom. The van der Waals surface area contributed by atoms with Gasteiger partial charge in [0.15, 0.2) is 0 Å². The highest BCUT2D eigenvalue weighted by atomic mass is 15.2. The Kier molecular flexibility index (Phi) is 4.26. The van der Waals surface area contributed by atoms with Crippen molar-refractivity contribution in [3.8, 4) is 0 Å². The van der Waals surface area contributed by atoms with E-state index in [9.17, 15) is 0 Å². The van der Waals surface area contributed by atoms with Crippen LogP contribution in [-0.2, 0) is 0 Å². The second-order valence-electron chi connectivity index (χ2n) is 6.20. The predicted octanol–water partition coefficient (Wildman–Crippen LogP) is 2.62. The van der Waals surface area contributed by atoms with Crippen LogP contribution in [0.1, 0.15) is 52.4 Å². The molecule has 2 aliphatic rings. The molecule has 2 aliphatic carbocycles. The Labute approximate surface area is 101 Å².